The van der Waals surface area contributed by atoms with Crippen molar-refractivity contribution in [3.8, 4) is 16.9 Å². The lowest BCUT2D eigenvalue weighted by molar-refractivity contribution is -0.102. The lowest BCUT2D eigenvalue weighted by Gasteiger charge is -2.28. The second kappa shape index (κ2) is 11.3. The Morgan fingerprint density at radius 3 is 2.22 bits per heavy atom. The second-order valence-electron chi connectivity index (χ2n) is 9.25. The number of rotatable bonds is 9. The van der Waals surface area contributed by atoms with Gasteiger partial charge in [0.1, 0.15) is 18.6 Å². The molecule has 2 fully saturated rings. The number of carbonyl (C=O) groups is 1. The number of carbonyl (C=O) groups excluding carboxylic acids is 1. The maximum absolute atomic E-state index is 13.5. The summed E-state index contributed by atoms with van der Waals surface area (Å²) in [7, 11) is 0. The Labute approximate surface area is 208 Å². The molecule has 0 bridgehead atoms. The fourth-order valence-corrected chi connectivity index (χ4v) is 4.50. The number of benzene rings is 3. The molecule has 0 radical (unpaired) electrons. The van der Waals surface area contributed by atoms with Crippen LogP contribution in [0, 0.1) is 11.6 Å². The first-order valence-corrected chi connectivity index (χ1v) is 12.2. The molecule has 0 amide bonds. The van der Waals surface area contributed by atoms with Crippen molar-refractivity contribution in [3.63, 3.8) is 0 Å². The van der Waals surface area contributed by atoms with E-state index in [1.54, 1.807) is 36.4 Å². The number of hydrogen-bond acceptors (Lipinski definition) is 5. The van der Waals surface area contributed by atoms with Crippen LogP contribution in [0.1, 0.15) is 47.5 Å². The number of esters is 1. The highest BCUT2D eigenvalue weighted by Crippen LogP contribution is 2.34. The molecule has 5 nitrogen and oxygen atoms in total. The van der Waals surface area contributed by atoms with Gasteiger partial charge in [0.2, 0.25) is 0 Å². The highest BCUT2D eigenvalue weighted by molar-refractivity contribution is 5.91. The highest BCUT2D eigenvalue weighted by atomic mass is 19.2. The molecule has 7 heteroatoms. The van der Waals surface area contributed by atoms with Crippen molar-refractivity contribution in [2.45, 2.75) is 43.8 Å². The van der Waals surface area contributed by atoms with Crippen LogP contribution in [0.25, 0.3) is 11.1 Å². The van der Waals surface area contributed by atoms with Crippen molar-refractivity contribution in [1.29, 1.82) is 0 Å². The zero-order valence-electron chi connectivity index (χ0n) is 19.8. The minimum absolute atomic E-state index is 0.226. The van der Waals surface area contributed by atoms with Gasteiger partial charge in [-0.3, -0.25) is 0 Å². The number of epoxide rings is 1. The molecule has 0 aromatic heterocycles. The van der Waals surface area contributed by atoms with Crippen LogP contribution in [0.2, 0.25) is 0 Å². The van der Waals surface area contributed by atoms with Crippen molar-refractivity contribution in [3.05, 3.63) is 89.5 Å². The van der Waals surface area contributed by atoms with Gasteiger partial charge < -0.3 is 18.9 Å². The fraction of sp³-hybridized carbons (Fsp3) is 0.345. The van der Waals surface area contributed by atoms with E-state index in [0.717, 1.165) is 44.4 Å². The fourth-order valence-electron chi connectivity index (χ4n) is 4.50. The molecule has 1 aliphatic heterocycles. The minimum atomic E-state index is -0.905. The van der Waals surface area contributed by atoms with Crippen LogP contribution < -0.4 is 4.74 Å². The predicted octanol–water partition coefficient (Wildman–Crippen LogP) is 6.27. The Kier molecular flexibility index (Phi) is 7.70. The van der Waals surface area contributed by atoms with Gasteiger partial charge in [0.25, 0.3) is 0 Å². The van der Waals surface area contributed by atoms with E-state index in [9.17, 15) is 13.6 Å². The van der Waals surface area contributed by atoms with Crippen molar-refractivity contribution in [2.24, 2.45) is 0 Å². The van der Waals surface area contributed by atoms with Gasteiger partial charge in [-0.2, -0.15) is 0 Å². The smallest absolute Gasteiger partial charge is 0.343 e. The van der Waals surface area contributed by atoms with Crippen LogP contribution in [0.15, 0.2) is 66.7 Å². The lowest BCUT2D eigenvalue weighted by Crippen LogP contribution is -2.22. The molecule has 188 valence electrons. The lowest BCUT2D eigenvalue weighted by atomic mass is 9.82. The number of halogens is 2. The molecule has 1 aliphatic carbocycles. The Balaban J connectivity index is 1.10. The maximum atomic E-state index is 13.5. The zero-order valence-corrected chi connectivity index (χ0v) is 19.8. The van der Waals surface area contributed by atoms with E-state index in [1.165, 1.54) is 11.6 Å². The third kappa shape index (κ3) is 6.35. The van der Waals surface area contributed by atoms with Gasteiger partial charge in [-0.25, -0.2) is 13.6 Å². The third-order valence-electron chi connectivity index (χ3n) is 6.70. The summed E-state index contributed by atoms with van der Waals surface area (Å²) in [5.41, 5.74) is 2.92. The monoisotopic (exact) mass is 494 g/mol. The predicted molar refractivity (Wildman–Crippen MR) is 130 cm³/mol. The summed E-state index contributed by atoms with van der Waals surface area (Å²) in [6.07, 6.45) is 4.51. The van der Waals surface area contributed by atoms with Crippen LogP contribution in [-0.2, 0) is 14.2 Å². The Bertz CT molecular complexity index is 1170. The summed E-state index contributed by atoms with van der Waals surface area (Å²) >= 11 is 0. The summed E-state index contributed by atoms with van der Waals surface area (Å²) in [4.78, 5) is 12.6. The second-order valence-corrected chi connectivity index (χ2v) is 9.25. The van der Waals surface area contributed by atoms with Crippen LogP contribution in [0.3, 0.4) is 0 Å². The van der Waals surface area contributed by atoms with Gasteiger partial charge in [0.15, 0.2) is 11.6 Å². The molecule has 5 rings (SSSR count). The van der Waals surface area contributed by atoms with Gasteiger partial charge in [0, 0.05) is 0 Å². The molecule has 3 aromatic rings. The van der Waals surface area contributed by atoms with Crippen molar-refractivity contribution in [1.82, 2.24) is 0 Å². The molecular formula is C29H28F2O5. The van der Waals surface area contributed by atoms with E-state index in [4.69, 9.17) is 18.9 Å². The van der Waals surface area contributed by atoms with Crippen molar-refractivity contribution < 1.29 is 32.5 Å². The summed E-state index contributed by atoms with van der Waals surface area (Å²) in [6, 6.07) is 18.0. The Morgan fingerprint density at radius 2 is 1.56 bits per heavy atom. The van der Waals surface area contributed by atoms with E-state index >= 15 is 0 Å². The molecule has 0 spiro atoms. The zero-order chi connectivity index (χ0) is 24.9. The Morgan fingerprint density at radius 1 is 0.861 bits per heavy atom. The highest BCUT2D eigenvalue weighted by Gasteiger charge is 2.25. The van der Waals surface area contributed by atoms with Crippen LogP contribution >= 0.6 is 0 Å². The summed E-state index contributed by atoms with van der Waals surface area (Å²) < 4.78 is 48.5. The largest absolute Gasteiger partial charge is 0.423 e. The SMILES string of the molecule is O=C(Oc1ccc(-c2ccc(F)c(F)c2)cc1)c1ccc(C2CCC(OCOCC3CO3)CC2)cc1. The molecule has 1 saturated carbocycles. The first kappa shape index (κ1) is 24.6. The molecule has 2 aliphatic rings. The first-order chi connectivity index (χ1) is 17.5. The molecule has 1 unspecified atom stereocenters. The molecule has 1 atom stereocenters. The first-order valence-electron chi connectivity index (χ1n) is 12.2. The van der Waals surface area contributed by atoms with Crippen molar-refractivity contribution >= 4 is 5.97 Å². The standard InChI is InChI=1S/C29H28F2O5/c30-27-14-9-23(15-28(27)31)21-7-12-25(13-8-21)36-29(32)22-3-1-19(2-4-22)20-5-10-24(11-6-20)35-18-33-16-26-17-34-26/h1-4,7-9,12-15,20,24,26H,5-6,10-11,16-18H2. The number of ether oxygens (including phenoxy) is 4. The van der Waals surface area contributed by atoms with Gasteiger partial charge >= 0.3 is 5.97 Å². The Hall–Kier alpha value is -3.13. The quantitative estimate of drug-likeness (QED) is 0.115. The summed E-state index contributed by atoms with van der Waals surface area (Å²) in [5, 5.41) is 0. The van der Waals surface area contributed by atoms with E-state index in [0.29, 0.717) is 41.8 Å². The molecule has 1 heterocycles. The van der Waals surface area contributed by atoms with Gasteiger partial charge in [0.05, 0.1) is 24.9 Å². The number of hydrogen-bond donors (Lipinski definition) is 0. The van der Waals surface area contributed by atoms with Crippen LogP contribution in [-0.4, -0.2) is 38.2 Å². The third-order valence-corrected chi connectivity index (χ3v) is 6.70. The maximum Gasteiger partial charge on any atom is 0.343 e. The van der Waals surface area contributed by atoms with E-state index in [2.05, 4.69) is 0 Å². The normalized spacial score (nSPS) is 21.2. The minimum Gasteiger partial charge on any atom is -0.423 e. The molecule has 36 heavy (non-hydrogen) atoms. The van der Waals surface area contributed by atoms with Crippen LogP contribution in [0.4, 0.5) is 8.78 Å². The van der Waals surface area contributed by atoms with Gasteiger partial charge in [-0.1, -0.05) is 30.3 Å². The van der Waals surface area contributed by atoms with Crippen LogP contribution in [0.5, 0.6) is 5.75 Å². The summed E-state index contributed by atoms with van der Waals surface area (Å²) in [6.45, 7) is 1.71. The topological polar surface area (TPSA) is 57.3 Å². The summed E-state index contributed by atoms with van der Waals surface area (Å²) in [5.74, 6) is -1.42. The van der Waals surface area contributed by atoms with Gasteiger partial charge in [-0.05, 0) is 84.7 Å². The average Bonchev–Trinajstić information content (AvgIpc) is 3.74. The van der Waals surface area contributed by atoms with E-state index < -0.39 is 17.6 Å². The van der Waals surface area contributed by atoms with Crippen molar-refractivity contribution in [2.75, 3.05) is 20.0 Å². The molecule has 1 saturated heterocycles. The van der Waals surface area contributed by atoms with E-state index in [-0.39, 0.29) is 12.2 Å². The van der Waals surface area contributed by atoms with Gasteiger partial charge in [-0.15, -0.1) is 0 Å². The molecular weight excluding hydrogens is 466 g/mol. The van der Waals surface area contributed by atoms with E-state index in [1.807, 2.05) is 12.1 Å². The average molecular weight is 495 g/mol. The molecule has 3 aromatic carbocycles. The molecule has 0 N–H and O–H groups in total.